The number of aromatic amines is 1. The second-order valence-corrected chi connectivity index (χ2v) is 5.98. The molecule has 4 rings (SSSR count). The predicted octanol–water partition coefficient (Wildman–Crippen LogP) is 5.28. The molecule has 0 bridgehead atoms. The maximum atomic E-state index is 12.3. The molecule has 126 valence electrons. The van der Waals surface area contributed by atoms with E-state index in [0.717, 1.165) is 38.8 Å². The third-order valence-electron chi connectivity index (χ3n) is 4.24. The minimum Gasteiger partial charge on any atom is -0.489 e. The van der Waals surface area contributed by atoms with Gasteiger partial charge in [0.25, 0.3) is 0 Å². The number of nitrogens with one attached hydrogen (secondary N) is 2. The number of anilines is 1. The topological polar surface area (TPSA) is 37.0 Å². The molecular weight excluding hydrogens is 315 g/mol. The molecule has 1 aromatic heterocycles. The predicted molar refractivity (Wildman–Crippen MR) is 101 cm³/mol. The number of rotatable bonds is 6. The van der Waals surface area contributed by atoms with Gasteiger partial charge in [-0.05, 0) is 29.8 Å². The van der Waals surface area contributed by atoms with Crippen LogP contribution in [0.1, 0.15) is 5.56 Å². The van der Waals surface area contributed by atoms with Crippen molar-refractivity contribution in [1.29, 1.82) is 0 Å². The summed E-state index contributed by atoms with van der Waals surface area (Å²) in [7, 11) is 0. The lowest BCUT2D eigenvalue weighted by Gasteiger charge is -2.06. The van der Waals surface area contributed by atoms with E-state index in [9.17, 15) is 4.39 Å². The van der Waals surface area contributed by atoms with Gasteiger partial charge in [0, 0.05) is 34.6 Å². The monoisotopic (exact) mass is 334 g/mol. The van der Waals surface area contributed by atoms with E-state index < -0.39 is 0 Å². The summed E-state index contributed by atoms with van der Waals surface area (Å²) in [6.07, 6.45) is 0. The van der Waals surface area contributed by atoms with E-state index in [-0.39, 0.29) is 6.67 Å². The SMILES string of the molecule is FCCNc1ccc2c(c1)[nH]c1cc(OCc3ccccc3)ccc12. The molecule has 0 aliphatic heterocycles. The molecule has 4 aromatic rings. The van der Waals surface area contributed by atoms with Gasteiger partial charge in [0.2, 0.25) is 0 Å². The van der Waals surface area contributed by atoms with Crippen molar-refractivity contribution in [3.63, 3.8) is 0 Å². The smallest absolute Gasteiger partial charge is 0.121 e. The van der Waals surface area contributed by atoms with Crippen molar-refractivity contribution in [3.8, 4) is 5.75 Å². The standard InChI is InChI=1S/C21H19FN2O/c22-10-11-23-16-6-8-18-19-9-7-17(13-21(19)24-20(18)12-16)25-14-15-4-2-1-3-5-15/h1-9,12-13,23-24H,10-11,14H2. The first-order valence-corrected chi connectivity index (χ1v) is 8.35. The summed E-state index contributed by atoms with van der Waals surface area (Å²) in [5.74, 6) is 0.832. The molecule has 0 spiro atoms. The van der Waals surface area contributed by atoms with Crippen LogP contribution in [0.5, 0.6) is 5.75 Å². The zero-order chi connectivity index (χ0) is 17.1. The molecular formula is C21H19FN2O. The second kappa shape index (κ2) is 6.85. The highest BCUT2D eigenvalue weighted by Crippen LogP contribution is 2.30. The number of benzene rings is 3. The minimum absolute atomic E-state index is 0.323. The summed E-state index contributed by atoms with van der Waals surface area (Å²) in [6, 6.07) is 22.2. The van der Waals surface area contributed by atoms with Crippen molar-refractivity contribution in [2.75, 3.05) is 18.5 Å². The zero-order valence-electron chi connectivity index (χ0n) is 13.8. The van der Waals surface area contributed by atoms with Crippen molar-refractivity contribution in [1.82, 2.24) is 4.98 Å². The van der Waals surface area contributed by atoms with Crippen LogP contribution in [0.4, 0.5) is 10.1 Å². The van der Waals surface area contributed by atoms with Gasteiger partial charge in [-0.2, -0.15) is 0 Å². The van der Waals surface area contributed by atoms with Crippen molar-refractivity contribution < 1.29 is 9.13 Å². The van der Waals surface area contributed by atoms with Gasteiger partial charge in [-0.3, -0.25) is 0 Å². The van der Waals surface area contributed by atoms with Crippen LogP contribution in [-0.4, -0.2) is 18.2 Å². The molecule has 3 aromatic carbocycles. The van der Waals surface area contributed by atoms with Gasteiger partial charge in [0.1, 0.15) is 19.0 Å². The molecule has 25 heavy (non-hydrogen) atoms. The molecule has 1 heterocycles. The van der Waals surface area contributed by atoms with E-state index in [1.54, 1.807) is 0 Å². The molecule has 2 N–H and O–H groups in total. The Bertz CT molecular complexity index is 995. The number of hydrogen-bond donors (Lipinski definition) is 2. The average molecular weight is 334 g/mol. The van der Waals surface area contributed by atoms with E-state index in [0.29, 0.717) is 13.2 Å². The lowest BCUT2D eigenvalue weighted by molar-refractivity contribution is 0.306. The number of aromatic nitrogens is 1. The highest BCUT2D eigenvalue weighted by molar-refractivity contribution is 6.08. The van der Waals surface area contributed by atoms with Crippen LogP contribution in [0.25, 0.3) is 21.8 Å². The van der Waals surface area contributed by atoms with E-state index in [1.165, 1.54) is 0 Å². The van der Waals surface area contributed by atoms with Gasteiger partial charge in [0.15, 0.2) is 0 Å². The third kappa shape index (κ3) is 3.29. The largest absolute Gasteiger partial charge is 0.489 e. The van der Waals surface area contributed by atoms with Gasteiger partial charge in [-0.15, -0.1) is 0 Å². The lowest BCUT2D eigenvalue weighted by Crippen LogP contribution is -2.02. The highest BCUT2D eigenvalue weighted by atomic mass is 19.1. The van der Waals surface area contributed by atoms with Crippen molar-refractivity contribution in [2.24, 2.45) is 0 Å². The summed E-state index contributed by atoms with van der Waals surface area (Å²) < 4.78 is 18.2. The van der Waals surface area contributed by atoms with Crippen molar-refractivity contribution >= 4 is 27.5 Å². The van der Waals surface area contributed by atoms with Crippen molar-refractivity contribution in [2.45, 2.75) is 6.61 Å². The normalized spacial score (nSPS) is 11.1. The Hall–Kier alpha value is -3.01. The number of hydrogen-bond acceptors (Lipinski definition) is 2. The van der Waals surface area contributed by atoms with Gasteiger partial charge >= 0.3 is 0 Å². The van der Waals surface area contributed by atoms with E-state index >= 15 is 0 Å². The number of ether oxygens (including phenoxy) is 1. The van der Waals surface area contributed by atoms with Crippen LogP contribution in [0.15, 0.2) is 66.7 Å². The molecule has 4 heteroatoms. The van der Waals surface area contributed by atoms with Crippen LogP contribution >= 0.6 is 0 Å². The molecule has 0 atom stereocenters. The molecule has 0 saturated heterocycles. The molecule has 0 radical (unpaired) electrons. The Morgan fingerprint density at radius 1 is 0.880 bits per heavy atom. The van der Waals surface area contributed by atoms with Gasteiger partial charge in [-0.25, -0.2) is 4.39 Å². The summed E-state index contributed by atoms with van der Waals surface area (Å²) in [5.41, 5.74) is 4.11. The zero-order valence-corrected chi connectivity index (χ0v) is 13.8. The van der Waals surface area contributed by atoms with Crippen LogP contribution in [-0.2, 0) is 6.61 Å². The Morgan fingerprint density at radius 3 is 2.44 bits per heavy atom. The summed E-state index contributed by atoms with van der Waals surface area (Å²) in [5, 5.41) is 5.36. The first kappa shape index (κ1) is 15.5. The van der Waals surface area contributed by atoms with Crippen molar-refractivity contribution in [3.05, 3.63) is 72.3 Å². The summed E-state index contributed by atoms with van der Waals surface area (Å²) >= 11 is 0. The summed E-state index contributed by atoms with van der Waals surface area (Å²) in [6.45, 7) is 0.486. The molecule has 0 amide bonds. The van der Waals surface area contributed by atoms with E-state index in [4.69, 9.17) is 4.74 Å². The number of fused-ring (bicyclic) bond motifs is 3. The average Bonchev–Trinajstić information content (AvgIpc) is 3.02. The van der Waals surface area contributed by atoms with E-state index in [1.807, 2.05) is 54.6 Å². The molecule has 0 fully saturated rings. The van der Waals surface area contributed by atoms with Crippen LogP contribution in [0, 0.1) is 0 Å². The number of H-pyrrole nitrogens is 1. The minimum atomic E-state index is -0.382. The number of alkyl halides is 1. The van der Waals surface area contributed by atoms with Crippen LogP contribution < -0.4 is 10.1 Å². The van der Waals surface area contributed by atoms with Crippen LogP contribution in [0.3, 0.4) is 0 Å². The first-order valence-electron chi connectivity index (χ1n) is 8.35. The fourth-order valence-corrected chi connectivity index (χ4v) is 3.02. The van der Waals surface area contributed by atoms with Gasteiger partial charge < -0.3 is 15.0 Å². The molecule has 0 saturated carbocycles. The van der Waals surface area contributed by atoms with Gasteiger partial charge in [0.05, 0.1) is 5.52 Å². The van der Waals surface area contributed by atoms with Gasteiger partial charge in [-0.1, -0.05) is 36.4 Å². The molecule has 3 nitrogen and oxygen atoms in total. The quantitative estimate of drug-likeness (QED) is 0.503. The Kier molecular flexibility index (Phi) is 4.25. The molecule has 0 unspecified atom stereocenters. The maximum Gasteiger partial charge on any atom is 0.121 e. The number of halogens is 1. The third-order valence-corrected chi connectivity index (χ3v) is 4.24. The Balaban J connectivity index is 1.60. The first-order chi connectivity index (χ1) is 12.3. The fourth-order valence-electron chi connectivity index (χ4n) is 3.02. The Labute approximate surface area is 145 Å². The lowest BCUT2D eigenvalue weighted by atomic mass is 10.1. The second-order valence-electron chi connectivity index (χ2n) is 5.98. The van der Waals surface area contributed by atoms with E-state index in [2.05, 4.69) is 22.4 Å². The molecule has 0 aliphatic carbocycles. The highest BCUT2D eigenvalue weighted by Gasteiger charge is 2.06. The molecule has 0 aliphatic rings. The maximum absolute atomic E-state index is 12.3. The fraction of sp³-hybridized carbons (Fsp3) is 0.143. The van der Waals surface area contributed by atoms with Crippen LogP contribution in [0.2, 0.25) is 0 Å². The Morgan fingerprint density at radius 2 is 1.64 bits per heavy atom. The summed E-state index contributed by atoms with van der Waals surface area (Å²) in [4.78, 5) is 3.42.